The van der Waals surface area contributed by atoms with Gasteiger partial charge in [0.05, 0.1) is 5.56 Å². The summed E-state index contributed by atoms with van der Waals surface area (Å²) >= 11 is 0. The maximum atomic E-state index is 12.1. The highest BCUT2D eigenvalue weighted by Gasteiger charge is 2.22. The minimum atomic E-state index is -0.509. The number of nitrogens with one attached hydrogen (secondary N) is 1. The summed E-state index contributed by atoms with van der Waals surface area (Å²) in [6.07, 6.45) is 0. The monoisotopic (exact) mass is 253 g/mol. The van der Waals surface area contributed by atoms with Crippen molar-refractivity contribution in [3.05, 3.63) is 28.0 Å². The van der Waals surface area contributed by atoms with Gasteiger partial charge in [0.1, 0.15) is 0 Å². The molecule has 0 radical (unpaired) electrons. The highest BCUT2D eigenvalue weighted by molar-refractivity contribution is 5.94. The Bertz CT molecular complexity index is 494. The minimum absolute atomic E-state index is 0.159. The molecule has 100 valence electrons. The van der Waals surface area contributed by atoms with E-state index >= 15 is 0 Å². The van der Waals surface area contributed by atoms with Gasteiger partial charge in [-0.25, -0.2) is 0 Å². The molecule has 0 aliphatic rings. The third-order valence-corrected chi connectivity index (χ3v) is 2.64. The SMILES string of the molecule is CN(CC(C)(C)CN)C(=O)c1cc(O)[nH]c(=O)c1. The Labute approximate surface area is 105 Å². The van der Waals surface area contributed by atoms with Crippen LogP contribution in [0.3, 0.4) is 0 Å². The van der Waals surface area contributed by atoms with Crippen molar-refractivity contribution in [1.29, 1.82) is 0 Å². The Hall–Kier alpha value is -1.82. The number of aromatic nitrogens is 1. The molecular formula is C12H19N3O3. The predicted molar refractivity (Wildman–Crippen MR) is 68.5 cm³/mol. The van der Waals surface area contributed by atoms with Gasteiger partial charge in [-0.3, -0.25) is 14.6 Å². The van der Waals surface area contributed by atoms with E-state index in [0.29, 0.717) is 13.1 Å². The summed E-state index contributed by atoms with van der Waals surface area (Å²) in [5.41, 5.74) is 5.06. The highest BCUT2D eigenvalue weighted by atomic mass is 16.3. The van der Waals surface area contributed by atoms with Gasteiger partial charge in [-0.2, -0.15) is 0 Å². The fourth-order valence-electron chi connectivity index (χ4n) is 1.65. The van der Waals surface area contributed by atoms with Crippen LogP contribution >= 0.6 is 0 Å². The van der Waals surface area contributed by atoms with Gasteiger partial charge in [0.2, 0.25) is 0 Å². The van der Waals surface area contributed by atoms with Gasteiger partial charge < -0.3 is 15.7 Å². The van der Waals surface area contributed by atoms with Crippen LogP contribution in [0.15, 0.2) is 16.9 Å². The molecule has 0 atom stereocenters. The Morgan fingerprint density at radius 3 is 2.61 bits per heavy atom. The van der Waals surface area contributed by atoms with Gasteiger partial charge in [0.15, 0.2) is 5.88 Å². The molecule has 0 aromatic carbocycles. The van der Waals surface area contributed by atoms with Crippen molar-refractivity contribution < 1.29 is 9.90 Å². The lowest BCUT2D eigenvalue weighted by Crippen LogP contribution is -2.40. The molecule has 4 N–H and O–H groups in total. The van der Waals surface area contributed by atoms with Crippen LogP contribution in [0.2, 0.25) is 0 Å². The lowest BCUT2D eigenvalue weighted by molar-refractivity contribution is 0.0740. The van der Waals surface area contributed by atoms with Gasteiger partial charge >= 0.3 is 0 Å². The van der Waals surface area contributed by atoms with Crippen LogP contribution < -0.4 is 11.3 Å². The predicted octanol–water partition coefficient (Wildman–Crippen LogP) is 0.137. The average Bonchev–Trinajstić information content (AvgIpc) is 2.26. The van der Waals surface area contributed by atoms with Crippen LogP contribution in [-0.4, -0.2) is 41.0 Å². The third kappa shape index (κ3) is 3.59. The number of aromatic amines is 1. The van der Waals surface area contributed by atoms with Gasteiger partial charge in [-0.05, 0) is 12.0 Å². The van der Waals surface area contributed by atoms with E-state index in [-0.39, 0.29) is 22.8 Å². The zero-order valence-electron chi connectivity index (χ0n) is 10.9. The molecule has 1 amide bonds. The van der Waals surface area contributed by atoms with Gasteiger partial charge in [0.25, 0.3) is 11.5 Å². The summed E-state index contributed by atoms with van der Waals surface area (Å²) < 4.78 is 0. The molecule has 0 bridgehead atoms. The Balaban J connectivity index is 2.90. The zero-order valence-corrected chi connectivity index (χ0v) is 10.9. The molecule has 0 saturated carbocycles. The van der Waals surface area contributed by atoms with Crippen molar-refractivity contribution in [2.75, 3.05) is 20.1 Å². The zero-order chi connectivity index (χ0) is 13.9. The van der Waals surface area contributed by atoms with Gasteiger partial charge in [-0.15, -0.1) is 0 Å². The van der Waals surface area contributed by atoms with E-state index in [9.17, 15) is 14.7 Å². The van der Waals surface area contributed by atoms with Crippen molar-refractivity contribution >= 4 is 5.91 Å². The van der Waals surface area contributed by atoms with Gasteiger partial charge in [0, 0.05) is 25.7 Å². The number of H-pyrrole nitrogens is 1. The number of amides is 1. The molecule has 1 aromatic rings. The van der Waals surface area contributed by atoms with E-state index in [1.54, 1.807) is 7.05 Å². The lowest BCUT2D eigenvalue weighted by Gasteiger charge is -2.29. The van der Waals surface area contributed by atoms with Crippen molar-refractivity contribution in [3.63, 3.8) is 0 Å². The fraction of sp³-hybridized carbons (Fsp3) is 0.500. The second-order valence-electron chi connectivity index (χ2n) is 5.15. The van der Waals surface area contributed by atoms with Crippen molar-refractivity contribution in [1.82, 2.24) is 9.88 Å². The number of nitrogens with zero attached hydrogens (tertiary/aromatic N) is 1. The third-order valence-electron chi connectivity index (χ3n) is 2.64. The van der Waals surface area contributed by atoms with Crippen LogP contribution in [0.4, 0.5) is 0 Å². The van der Waals surface area contributed by atoms with E-state index in [1.165, 1.54) is 11.0 Å². The summed E-state index contributed by atoms with van der Waals surface area (Å²) in [6, 6.07) is 2.39. The van der Waals surface area contributed by atoms with Gasteiger partial charge in [-0.1, -0.05) is 13.8 Å². The molecule has 6 heteroatoms. The highest BCUT2D eigenvalue weighted by Crippen LogP contribution is 2.16. The number of rotatable bonds is 4. The summed E-state index contributed by atoms with van der Waals surface area (Å²) in [6.45, 7) is 4.82. The standard InChI is InChI=1S/C12H19N3O3/c1-12(2,6-13)7-15(3)11(18)8-4-9(16)14-10(17)5-8/h4-5H,6-7,13H2,1-3H3,(H2,14,16,17). The quantitative estimate of drug-likeness (QED) is 0.710. The molecule has 0 fully saturated rings. The molecule has 6 nitrogen and oxygen atoms in total. The molecule has 0 saturated heterocycles. The molecule has 1 heterocycles. The maximum Gasteiger partial charge on any atom is 0.254 e. The minimum Gasteiger partial charge on any atom is -0.494 e. The van der Waals surface area contributed by atoms with E-state index in [4.69, 9.17) is 5.73 Å². The van der Waals surface area contributed by atoms with Crippen LogP contribution in [0.5, 0.6) is 5.88 Å². The molecule has 1 rings (SSSR count). The molecule has 1 aromatic heterocycles. The molecular weight excluding hydrogens is 234 g/mol. The van der Waals surface area contributed by atoms with Crippen LogP contribution in [-0.2, 0) is 0 Å². The van der Waals surface area contributed by atoms with E-state index in [2.05, 4.69) is 4.98 Å². The largest absolute Gasteiger partial charge is 0.494 e. The van der Waals surface area contributed by atoms with Crippen molar-refractivity contribution in [3.8, 4) is 5.88 Å². The molecule has 0 aliphatic carbocycles. The fourth-order valence-corrected chi connectivity index (χ4v) is 1.65. The number of aromatic hydroxyl groups is 1. The Morgan fingerprint density at radius 2 is 2.11 bits per heavy atom. The normalized spacial score (nSPS) is 11.3. The number of pyridine rings is 1. The summed E-state index contributed by atoms with van der Waals surface area (Å²) in [5, 5.41) is 9.26. The number of hydrogen-bond donors (Lipinski definition) is 3. The number of carbonyl (C=O) groups is 1. The van der Waals surface area contributed by atoms with Crippen LogP contribution in [0.1, 0.15) is 24.2 Å². The summed E-state index contributed by atoms with van der Waals surface area (Å²) in [7, 11) is 1.64. The first kappa shape index (κ1) is 14.2. The van der Waals surface area contributed by atoms with E-state index < -0.39 is 5.56 Å². The first-order chi connectivity index (χ1) is 8.25. The smallest absolute Gasteiger partial charge is 0.254 e. The average molecular weight is 253 g/mol. The van der Waals surface area contributed by atoms with E-state index in [1.807, 2.05) is 13.8 Å². The summed E-state index contributed by atoms with van der Waals surface area (Å²) in [4.78, 5) is 26.9. The number of carbonyl (C=O) groups excluding carboxylic acids is 1. The maximum absolute atomic E-state index is 12.1. The Kier molecular flexibility index (Phi) is 4.13. The second kappa shape index (κ2) is 5.22. The van der Waals surface area contributed by atoms with Crippen molar-refractivity contribution in [2.45, 2.75) is 13.8 Å². The van der Waals surface area contributed by atoms with Crippen LogP contribution in [0.25, 0.3) is 0 Å². The van der Waals surface area contributed by atoms with E-state index in [0.717, 1.165) is 6.07 Å². The lowest BCUT2D eigenvalue weighted by atomic mass is 9.93. The number of hydrogen-bond acceptors (Lipinski definition) is 4. The Morgan fingerprint density at radius 1 is 1.50 bits per heavy atom. The topological polar surface area (TPSA) is 99.4 Å². The van der Waals surface area contributed by atoms with Crippen LogP contribution in [0, 0.1) is 5.41 Å². The second-order valence-corrected chi connectivity index (χ2v) is 5.15. The summed E-state index contributed by atoms with van der Waals surface area (Å²) in [5.74, 6) is -0.643. The molecule has 0 aliphatic heterocycles. The molecule has 0 spiro atoms. The molecule has 18 heavy (non-hydrogen) atoms. The van der Waals surface area contributed by atoms with Crippen molar-refractivity contribution in [2.24, 2.45) is 11.1 Å². The first-order valence-corrected chi connectivity index (χ1v) is 5.64. The molecule has 0 unspecified atom stereocenters. The first-order valence-electron chi connectivity index (χ1n) is 5.64. The number of nitrogens with two attached hydrogens (primary N) is 1.